The first-order valence-corrected chi connectivity index (χ1v) is 6.36. The summed E-state index contributed by atoms with van der Waals surface area (Å²) < 4.78 is 0.850. The van der Waals surface area contributed by atoms with E-state index in [9.17, 15) is 4.79 Å². The van der Waals surface area contributed by atoms with Crippen LogP contribution in [0.2, 0.25) is 0 Å². The van der Waals surface area contributed by atoms with Crippen molar-refractivity contribution < 1.29 is 4.79 Å². The average molecular weight is 283 g/mol. The Labute approximate surface area is 104 Å². The van der Waals surface area contributed by atoms with Gasteiger partial charge in [0.25, 0.3) is 5.91 Å². The van der Waals surface area contributed by atoms with Gasteiger partial charge in [0, 0.05) is 30.0 Å². The first-order valence-electron chi connectivity index (χ1n) is 5.56. The van der Waals surface area contributed by atoms with Crippen molar-refractivity contribution in [3.8, 4) is 0 Å². The third kappa shape index (κ3) is 2.61. The fourth-order valence-electron chi connectivity index (χ4n) is 2.09. The molecule has 2 rings (SSSR count). The Hall–Kier alpha value is -0.900. The lowest BCUT2D eigenvalue weighted by Crippen LogP contribution is -2.39. The summed E-state index contributed by atoms with van der Waals surface area (Å²) in [6.45, 7) is 3.93. The molecule has 0 bridgehead atoms. The molecular formula is C12H15BrN2O. The van der Waals surface area contributed by atoms with Gasteiger partial charge in [0.1, 0.15) is 0 Å². The highest BCUT2D eigenvalue weighted by molar-refractivity contribution is 9.10. The predicted octanol–water partition coefficient (Wildman–Crippen LogP) is 2.72. The van der Waals surface area contributed by atoms with E-state index in [4.69, 9.17) is 0 Å². The van der Waals surface area contributed by atoms with Gasteiger partial charge in [-0.1, -0.05) is 6.92 Å². The van der Waals surface area contributed by atoms with Gasteiger partial charge in [-0.3, -0.25) is 9.78 Å². The first kappa shape index (κ1) is 11.6. The van der Waals surface area contributed by atoms with Gasteiger partial charge in [0.2, 0.25) is 0 Å². The average Bonchev–Trinajstić information content (AvgIpc) is 2.28. The Bertz CT molecular complexity index is 394. The van der Waals surface area contributed by atoms with Gasteiger partial charge in [-0.2, -0.15) is 0 Å². The van der Waals surface area contributed by atoms with Crippen LogP contribution < -0.4 is 0 Å². The molecule has 1 saturated heterocycles. The number of piperidine rings is 1. The Kier molecular flexibility index (Phi) is 3.59. The van der Waals surface area contributed by atoms with Crippen LogP contribution in [0, 0.1) is 5.92 Å². The Balaban J connectivity index is 2.12. The van der Waals surface area contributed by atoms with Gasteiger partial charge in [-0.15, -0.1) is 0 Å². The minimum atomic E-state index is 0.0975. The number of nitrogens with zero attached hydrogens (tertiary/aromatic N) is 2. The summed E-state index contributed by atoms with van der Waals surface area (Å²) >= 11 is 3.33. The zero-order valence-corrected chi connectivity index (χ0v) is 10.9. The van der Waals surface area contributed by atoms with E-state index in [-0.39, 0.29) is 5.91 Å². The van der Waals surface area contributed by atoms with E-state index < -0.39 is 0 Å². The molecule has 86 valence electrons. The molecule has 0 aromatic carbocycles. The van der Waals surface area contributed by atoms with E-state index >= 15 is 0 Å². The molecule has 1 fully saturated rings. The maximum Gasteiger partial charge on any atom is 0.255 e. The van der Waals surface area contributed by atoms with Gasteiger partial charge >= 0.3 is 0 Å². The smallest absolute Gasteiger partial charge is 0.255 e. The summed E-state index contributed by atoms with van der Waals surface area (Å²) in [5.74, 6) is 0.707. The number of likely N-dealkylation sites (tertiary alicyclic amines) is 1. The third-order valence-electron chi connectivity index (χ3n) is 2.90. The number of carbonyl (C=O) groups excluding carboxylic acids is 1. The second-order valence-electron chi connectivity index (χ2n) is 4.39. The minimum absolute atomic E-state index is 0.0975. The van der Waals surface area contributed by atoms with E-state index in [0.29, 0.717) is 11.5 Å². The van der Waals surface area contributed by atoms with Crippen LogP contribution in [-0.4, -0.2) is 28.9 Å². The summed E-state index contributed by atoms with van der Waals surface area (Å²) in [6, 6.07) is 1.83. The molecule has 1 atom stereocenters. The topological polar surface area (TPSA) is 33.2 Å². The molecule has 0 radical (unpaired) electrons. The standard InChI is InChI=1S/C12H15BrN2O/c1-9-3-2-4-15(8-9)12(16)10-5-11(13)7-14-6-10/h5-7,9H,2-4,8H2,1H3/t9-/m0/s1. The summed E-state index contributed by atoms with van der Waals surface area (Å²) in [5.41, 5.74) is 0.670. The van der Waals surface area contributed by atoms with Crippen molar-refractivity contribution in [1.82, 2.24) is 9.88 Å². The fourth-order valence-corrected chi connectivity index (χ4v) is 2.45. The zero-order valence-electron chi connectivity index (χ0n) is 9.32. The Morgan fingerprint density at radius 3 is 3.06 bits per heavy atom. The van der Waals surface area contributed by atoms with E-state index in [1.807, 2.05) is 11.0 Å². The van der Waals surface area contributed by atoms with Crippen LogP contribution in [0.25, 0.3) is 0 Å². The van der Waals surface area contributed by atoms with E-state index in [2.05, 4.69) is 27.8 Å². The number of halogens is 1. The number of carbonyl (C=O) groups is 1. The first-order chi connectivity index (χ1) is 7.66. The lowest BCUT2D eigenvalue weighted by atomic mass is 10.00. The molecule has 0 saturated carbocycles. The van der Waals surface area contributed by atoms with Gasteiger partial charge in [0.15, 0.2) is 0 Å². The van der Waals surface area contributed by atoms with Crippen molar-refractivity contribution in [1.29, 1.82) is 0 Å². The van der Waals surface area contributed by atoms with Crippen molar-refractivity contribution >= 4 is 21.8 Å². The van der Waals surface area contributed by atoms with Crippen LogP contribution in [0.4, 0.5) is 0 Å². The number of aromatic nitrogens is 1. The SMILES string of the molecule is C[C@H]1CCCN(C(=O)c2cncc(Br)c2)C1. The maximum atomic E-state index is 12.2. The zero-order chi connectivity index (χ0) is 11.5. The van der Waals surface area contributed by atoms with Crippen LogP contribution >= 0.6 is 15.9 Å². The molecule has 2 heterocycles. The maximum absolute atomic E-state index is 12.2. The second kappa shape index (κ2) is 4.95. The summed E-state index contributed by atoms with van der Waals surface area (Å²) in [5, 5.41) is 0. The number of hydrogen-bond donors (Lipinski definition) is 0. The number of pyridine rings is 1. The summed E-state index contributed by atoms with van der Waals surface area (Å²) in [6.07, 6.45) is 5.65. The molecule has 1 aliphatic rings. The third-order valence-corrected chi connectivity index (χ3v) is 3.33. The number of rotatable bonds is 1. The highest BCUT2D eigenvalue weighted by Gasteiger charge is 2.22. The van der Waals surface area contributed by atoms with Gasteiger partial charge in [-0.25, -0.2) is 0 Å². The number of amides is 1. The van der Waals surface area contributed by atoms with Crippen LogP contribution in [0.3, 0.4) is 0 Å². The Morgan fingerprint density at radius 2 is 2.38 bits per heavy atom. The van der Waals surface area contributed by atoms with Gasteiger partial charge in [0.05, 0.1) is 5.56 Å². The van der Waals surface area contributed by atoms with E-state index in [1.54, 1.807) is 12.4 Å². The lowest BCUT2D eigenvalue weighted by molar-refractivity contribution is 0.0682. The van der Waals surface area contributed by atoms with Crippen LogP contribution in [0.1, 0.15) is 30.1 Å². The molecule has 4 heteroatoms. The van der Waals surface area contributed by atoms with Gasteiger partial charge in [-0.05, 0) is 40.8 Å². The molecule has 16 heavy (non-hydrogen) atoms. The second-order valence-corrected chi connectivity index (χ2v) is 5.31. The van der Waals surface area contributed by atoms with Crippen LogP contribution in [0.5, 0.6) is 0 Å². The van der Waals surface area contributed by atoms with Crippen molar-refractivity contribution in [3.05, 3.63) is 28.5 Å². The molecule has 0 unspecified atom stereocenters. The van der Waals surface area contributed by atoms with Crippen molar-refractivity contribution in [2.75, 3.05) is 13.1 Å². The predicted molar refractivity (Wildman–Crippen MR) is 66.2 cm³/mol. The quantitative estimate of drug-likeness (QED) is 0.794. The molecule has 3 nitrogen and oxygen atoms in total. The van der Waals surface area contributed by atoms with Crippen molar-refractivity contribution in [3.63, 3.8) is 0 Å². The molecule has 1 amide bonds. The molecule has 1 aliphatic heterocycles. The largest absolute Gasteiger partial charge is 0.338 e. The normalized spacial score (nSPS) is 20.9. The van der Waals surface area contributed by atoms with Crippen molar-refractivity contribution in [2.24, 2.45) is 5.92 Å². The van der Waals surface area contributed by atoms with Crippen LogP contribution in [0.15, 0.2) is 22.9 Å². The minimum Gasteiger partial charge on any atom is -0.338 e. The highest BCUT2D eigenvalue weighted by Crippen LogP contribution is 2.18. The fraction of sp³-hybridized carbons (Fsp3) is 0.500. The Morgan fingerprint density at radius 1 is 1.56 bits per heavy atom. The van der Waals surface area contributed by atoms with Gasteiger partial charge < -0.3 is 4.90 Å². The molecule has 1 aromatic rings. The summed E-state index contributed by atoms with van der Waals surface area (Å²) in [4.78, 5) is 18.1. The molecule has 1 aromatic heterocycles. The molecule has 0 spiro atoms. The monoisotopic (exact) mass is 282 g/mol. The van der Waals surface area contributed by atoms with Crippen molar-refractivity contribution in [2.45, 2.75) is 19.8 Å². The molecule has 0 aliphatic carbocycles. The molecule has 0 N–H and O–H groups in total. The van der Waals surface area contributed by atoms with Crippen LogP contribution in [-0.2, 0) is 0 Å². The highest BCUT2D eigenvalue weighted by atomic mass is 79.9. The van der Waals surface area contributed by atoms with E-state index in [0.717, 1.165) is 24.0 Å². The number of hydrogen-bond acceptors (Lipinski definition) is 2. The molecular weight excluding hydrogens is 268 g/mol. The van der Waals surface area contributed by atoms with E-state index in [1.165, 1.54) is 6.42 Å². The lowest BCUT2D eigenvalue weighted by Gasteiger charge is -2.30. The summed E-state index contributed by atoms with van der Waals surface area (Å²) in [7, 11) is 0.